The van der Waals surface area contributed by atoms with Gasteiger partial charge >= 0.3 is 6.03 Å². The highest BCUT2D eigenvalue weighted by molar-refractivity contribution is 9.10. The van der Waals surface area contributed by atoms with Crippen molar-refractivity contribution in [3.8, 4) is 0 Å². The van der Waals surface area contributed by atoms with Gasteiger partial charge in [-0.2, -0.15) is 0 Å². The van der Waals surface area contributed by atoms with E-state index < -0.39 is 29.6 Å². The lowest BCUT2D eigenvalue weighted by Gasteiger charge is -2.31. The molecule has 1 N–H and O–H groups in total. The molecule has 0 spiro atoms. The SMILES string of the molecule is CCCC1C(=O)NC(=O)N(c2cc(Br)c(F)cc2C)C1=O. The minimum atomic E-state index is -0.893. The molecule has 1 aliphatic heterocycles. The Bertz CT molecular complexity index is 633. The quantitative estimate of drug-likeness (QED) is 0.846. The summed E-state index contributed by atoms with van der Waals surface area (Å²) in [5, 5.41) is 2.17. The number of nitrogens with one attached hydrogen (secondary N) is 1. The van der Waals surface area contributed by atoms with Crippen molar-refractivity contribution in [2.75, 3.05) is 4.90 Å². The maximum absolute atomic E-state index is 13.5. The van der Waals surface area contributed by atoms with Crippen LogP contribution in [-0.4, -0.2) is 17.8 Å². The molecule has 0 saturated carbocycles. The van der Waals surface area contributed by atoms with Crippen LogP contribution in [0.5, 0.6) is 0 Å². The van der Waals surface area contributed by atoms with E-state index in [9.17, 15) is 18.8 Å². The Morgan fingerprint density at radius 1 is 1.33 bits per heavy atom. The highest BCUT2D eigenvalue weighted by atomic mass is 79.9. The van der Waals surface area contributed by atoms with E-state index in [-0.39, 0.29) is 10.2 Å². The molecular weight excluding hydrogens is 343 g/mol. The third-order valence-corrected chi connectivity index (χ3v) is 3.93. The van der Waals surface area contributed by atoms with E-state index in [0.717, 1.165) is 4.90 Å². The van der Waals surface area contributed by atoms with Gasteiger partial charge in [-0.1, -0.05) is 13.3 Å². The summed E-state index contributed by atoms with van der Waals surface area (Å²) in [6.07, 6.45) is 0.994. The van der Waals surface area contributed by atoms with E-state index in [1.165, 1.54) is 12.1 Å². The van der Waals surface area contributed by atoms with Crippen molar-refractivity contribution in [1.29, 1.82) is 0 Å². The Kier molecular flexibility index (Phi) is 4.41. The first kappa shape index (κ1) is 15.6. The number of nitrogens with zero attached hydrogens (tertiary/aromatic N) is 1. The van der Waals surface area contributed by atoms with Crippen LogP contribution in [0.3, 0.4) is 0 Å². The number of carbonyl (C=O) groups excluding carboxylic acids is 3. The van der Waals surface area contributed by atoms with E-state index in [1.54, 1.807) is 6.92 Å². The van der Waals surface area contributed by atoms with Crippen LogP contribution in [0, 0.1) is 18.7 Å². The van der Waals surface area contributed by atoms with Crippen LogP contribution in [0.25, 0.3) is 0 Å². The minimum Gasteiger partial charge on any atom is -0.277 e. The summed E-state index contributed by atoms with van der Waals surface area (Å²) in [6.45, 7) is 3.44. The Morgan fingerprint density at radius 2 is 2.00 bits per heavy atom. The normalized spacial score (nSPS) is 19.0. The lowest BCUT2D eigenvalue weighted by Crippen LogP contribution is -2.58. The number of hydrogen-bond donors (Lipinski definition) is 1. The first-order valence-corrected chi connectivity index (χ1v) is 7.30. The van der Waals surface area contributed by atoms with Gasteiger partial charge in [0.1, 0.15) is 11.7 Å². The number of barbiturate groups is 1. The first-order valence-electron chi connectivity index (χ1n) is 6.51. The van der Waals surface area contributed by atoms with Crippen LogP contribution in [0.2, 0.25) is 0 Å². The molecule has 0 aliphatic carbocycles. The van der Waals surface area contributed by atoms with Crippen molar-refractivity contribution in [2.45, 2.75) is 26.7 Å². The fourth-order valence-electron chi connectivity index (χ4n) is 2.26. The number of halogens is 2. The van der Waals surface area contributed by atoms with Gasteiger partial charge in [-0.05, 0) is 47.0 Å². The second-order valence-electron chi connectivity index (χ2n) is 4.86. The Labute approximate surface area is 129 Å². The maximum atomic E-state index is 13.5. The topological polar surface area (TPSA) is 66.5 Å². The highest BCUT2D eigenvalue weighted by Crippen LogP contribution is 2.30. The van der Waals surface area contributed by atoms with Crippen molar-refractivity contribution >= 4 is 39.5 Å². The highest BCUT2D eigenvalue weighted by Gasteiger charge is 2.41. The monoisotopic (exact) mass is 356 g/mol. The molecule has 0 bridgehead atoms. The number of carbonyl (C=O) groups is 3. The first-order chi connectivity index (χ1) is 9.86. The number of rotatable bonds is 3. The Hall–Kier alpha value is -1.76. The molecule has 2 rings (SSSR count). The van der Waals surface area contributed by atoms with Gasteiger partial charge in [-0.15, -0.1) is 0 Å². The molecule has 4 amide bonds. The minimum absolute atomic E-state index is 0.146. The van der Waals surface area contributed by atoms with Gasteiger partial charge in [0.15, 0.2) is 0 Å². The van der Waals surface area contributed by atoms with E-state index in [2.05, 4.69) is 21.2 Å². The molecule has 7 heteroatoms. The molecule has 21 heavy (non-hydrogen) atoms. The molecule has 5 nitrogen and oxygen atoms in total. The molecular formula is C14H14BrFN2O3. The van der Waals surface area contributed by atoms with Gasteiger partial charge in [0, 0.05) is 0 Å². The summed E-state index contributed by atoms with van der Waals surface area (Å²) in [5.74, 6) is -2.53. The predicted molar refractivity (Wildman–Crippen MR) is 78.3 cm³/mol. The lowest BCUT2D eigenvalue weighted by atomic mass is 9.98. The third kappa shape index (κ3) is 2.83. The van der Waals surface area contributed by atoms with E-state index >= 15 is 0 Å². The lowest BCUT2D eigenvalue weighted by molar-refractivity contribution is -0.134. The molecule has 1 unspecified atom stereocenters. The van der Waals surface area contributed by atoms with Crippen LogP contribution >= 0.6 is 15.9 Å². The van der Waals surface area contributed by atoms with Crippen molar-refractivity contribution < 1.29 is 18.8 Å². The molecule has 1 heterocycles. The number of imide groups is 2. The molecule has 112 valence electrons. The standard InChI is InChI=1S/C14H14BrFN2O3/c1-3-4-8-12(19)17-14(21)18(13(8)20)11-6-9(15)10(16)5-7(11)2/h5-6,8H,3-4H2,1-2H3,(H,17,19,21). The zero-order chi connectivity index (χ0) is 15.7. The van der Waals surface area contributed by atoms with Crippen molar-refractivity contribution in [3.05, 3.63) is 28.0 Å². The number of hydrogen-bond acceptors (Lipinski definition) is 3. The van der Waals surface area contributed by atoms with Gasteiger partial charge in [-0.3, -0.25) is 14.9 Å². The van der Waals surface area contributed by atoms with Crippen LogP contribution in [0.4, 0.5) is 14.9 Å². The fourth-order valence-corrected chi connectivity index (χ4v) is 2.60. The van der Waals surface area contributed by atoms with Crippen LogP contribution < -0.4 is 10.2 Å². The molecule has 1 fully saturated rings. The van der Waals surface area contributed by atoms with E-state index in [4.69, 9.17) is 0 Å². The number of urea groups is 1. The number of amides is 4. The average Bonchev–Trinajstić information content (AvgIpc) is 2.40. The average molecular weight is 357 g/mol. The van der Waals surface area contributed by atoms with Crippen molar-refractivity contribution in [3.63, 3.8) is 0 Å². The van der Waals surface area contributed by atoms with Gasteiger partial charge in [0.05, 0.1) is 10.2 Å². The zero-order valence-electron chi connectivity index (χ0n) is 11.6. The number of aryl methyl sites for hydroxylation is 1. The van der Waals surface area contributed by atoms with Crippen molar-refractivity contribution in [2.24, 2.45) is 5.92 Å². The molecule has 1 aromatic rings. The third-order valence-electron chi connectivity index (χ3n) is 3.33. The molecule has 0 aromatic heterocycles. The molecule has 0 radical (unpaired) electrons. The fraction of sp³-hybridized carbons (Fsp3) is 0.357. The van der Waals surface area contributed by atoms with Gasteiger partial charge in [0.25, 0.3) is 0 Å². The van der Waals surface area contributed by atoms with Gasteiger partial charge < -0.3 is 0 Å². The molecule has 1 aliphatic rings. The summed E-state index contributed by atoms with van der Waals surface area (Å²) < 4.78 is 13.6. The van der Waals surface area contributed by atoms with E-state index in [1.807, 2.05) is 6.92 Å². The van der Waals surface area contributed by atoms with Crippen LogP contribution in [0.15, 0.2) is 16.6 Å². The molecule has 1 saturated heterocycles. The summed E-state index contributed by atoms with van der Waals surface area (Å²) in [6, 6.07) is 1.78. The predicted octanol–water partition coefficient (Wildman–Crippen LogP) is 2.90. The zero-order valence-corrected chi connectivity index (χ0v) is 13.2. The largest absolute Gasteiger partial charge is 0.335 e. The second-order valence-corrected chi connectivity index (χ2v) is 5.72. The van der Waals surface area contributed by atoms with Crippen LogP contribution in [0.1, 0.15) is 25.3 Å². The van der Waals surface area contributed by atoms with Crippen LogP contribution in [-0.2, 0) is 9.59 Å². The summed E-state index contributed by atoms with van der Waals surface area (Å²) in [4.78, 5) is 37.0. The van der Waals surface area contributed by atoms with E-state index in [0.29, 0.717) is 18.4 Å². The van der Waals surface area contributed by atoms with Crippen molar-refractivity contribution in [1.82, 2.24) is 5.32 Å². The smallest absolute Gasteiger partial charge is 0.277 e. The molecule has 1 atom stereocenters. The summed E-state index contributed by atoms with van der Waals surface area (Å²) in [7, 11) is 0. The number of anilines is 1. The van der Waals surface area contributed by atoms with Gasteiger partial charge in [-0.25, -0.2) is 14.1 Å². The Morgan fingerprint density at radius 3 is 2.62 bits per heavy atom. The second kappa shape index (κ2) is 5.93. The van der Waals surface area contributed by atoms with Gasteiger partial charge in [0.2, 0.25) is 11.8 Å². The number of benzene rings is 1. The summed E-state index contributed by atoms with van der Waals surface area (Å²) >= 11 is 3.03. The maximum Gasteiger partial charge on any atom is 0.335 e. The molecule has 1 aromatic carbocycles. The Balaban J connectivity index is 2.46. The summed E-state index contributed by atoms with van der Waals surface area (Å²) in [5.41, 5.74) is 0.697.